The Labute approximate surface area is 200 Å². The number of phenolic OH excluding ortho intramolecular Hbond substituents is 1. The third-order valence-corrected chi connectivity index (χ3v) is 5.42. The molecule has 0 radical (unpaired) electrons. The van der Waals surface area contributed by atoms with Gasteiger partial charge in [0.05, 0.1) is 11.1 Å². The topological polar surface area (TPSA) is 70.1 Å². The zero-order valence-electron chi connectivity index (χ0n) is 19.6. The molecule has 0 aliphatic rings. The number of benzene rings is 3. The number of azo groups is 1. The number of hydrogen-bond donors (Lipinski definition) is 2. The Morgan fingerprint density at radius 1 is 0.886 bits per heavy atom. The van der Waals surface area contributed by atoms with Crippen molar-refractivity contribution in [2.45, 2.75) is 33.9 Å². The van der Waals surface area contributed by atoms with Gasteiger partial charge in [-0.25, -0.2) is 0 Å². The molecular weight excluding hydrogens is 455 g/mol. The second-order valence-electron chi connectivity index (χ2n) is 8.75. The summed E-state index contributed by atoms with van der Waals surface area (Å²) in [5, 5.41) is 30.0. The zero-order chi connectivity index (χ0) is 25.5. The summed E-state index contributed by atoms with van der Waals surface area (Å²) in [6.45, 7) is 7.59. The summed E-state index contributed by atoms with van der Waals surface area (Å²) in [7, 11) is 0. The van der Waals surface area contributed by atoms with Crippen molar-refractivity contribution >= 4 is 28.4 Å². The van der Waals surface area contributed by atoms with Gasteiger partial charge in [-0.2, -0.15) is 13.2 Å². The van der Waals surface area contributed by atoms with E-state index in [0.29, 0.717) is 11.1 Å². The van der Waals surface area contributed by atoms with Gasteiger partial charge in [0.15, 0.2) is 5.69 Å². The Morgan fingerprint density at radius 3 is 2.17 bits per heavy atom. The number of aromatic nitrogens is 1. The molecule has 4 aromatic rings. The minimum absolute atomic E-state index is 0.000610. The number of halogens is 3. The number of aromatic hydroxyl groups is 2. The van der Waals surface area contributed by atoms with Crippen LogP contribution in [0.25, 0.3) is 22.7 Å². The summed E-state index contributed by atoms with van der Waals surface area (Å²) in [5.74, 6) is -0.464. The van der Waals surface area contributed by atoms with Crippen LogP contribution < -0.4 is 0 Å². The van der Waals surface area contributed by atoms with Gasteiger partial charge < -0.3 is 10.2 Å². The molecule has 8 heteroatoms. The fourth-order valence-corrected chi connectivity index (χ4v) is 4.03. The highest BCUT2D eigenvalue weighted by Crippen LogP contribution is 2.44. The number of alkyl halides is 3. The highest BCUT2D eigenvalue weighted by molar-refractivity contribution is 5.97. The molecule has 0 amide bonds. The Kier molecular flexibility index (Phi) is 6.15. The smallest absolute Gasteiger partial charge is 0.416 e. The van der Waals surface area contributed by atoms with E-state index in [2.05, 4.69) is 10.2 Å². The lowest BCUT2D eigenvalue weighted by Crippen LogP contribution is -2.05. The quantitative estimate of drug-likeness (QED) is 0.288. The second-order valence-corrected chi connectivity index (χ2v) is 8.75. The molecule has 0 atom stereocenters. The lowest BCUT2D eigenvalue weighted by Gasteiger charge is -2.11. The van der Waals surface area contributed by atoms with Gasteiger partial charge in [-0.15, -0.1) is 10.2 Å². The number of rotatable bonds is 4. The van der Waals surface area contributed by atoms with Crippen LogP contribution in [0, 0.1) is 13.8 Å². The summed E-state index contributed by atoms with van der Waals surface area (Å²) in [6.07, 6.45) is -2.66. The molecule has 4 rings (SSSR count). The van der Waals surface area contributed by atoms with E-state index in [1.54, 1.807) is 24.3 Å². The van der Waals surface area contributed by atoms with E-state index in [1.807, 2.05) is 39.8 Å². The average molecular weight is 480 g/mol. The highest BCUT2D eigenvalue weighted by Gasteiger charge is 2.32. The third kappa shape index (κ3) is 4.91. The first-order valence-corrected chi connectivity index (χ1v) is 10.9. The van der Waals surface area contributed by atoms with Crippen LogP contribution in [-0.2, 0) is 6.18 Å². The van der Waals surface area contributed by atoms with Crippen molar-refractivity contribution in [2.75, 3.05) is 0 Å². The summed E-state index contributed by atoms with van der Waals surface area (Å²) < 4.78 is 41.7. The molecule has 2 N–H and O–H groups in total. The van der Waals surface area contributed by atoms with Gasteiger partial charge in [-0.05, 0) is 86.8 Å². The van der Waals surface area contributed by atoms with Crippen LogP contribution in [0.2, 0.25) is 0 Å². The monoisotopic (exact) mass is 479 g/mol. The van der Waals surface area contributed by atoms with Gasteiger partial charge in [0.25, 0.3) is 0 Å². The van der Waals surface area contributed by atoms with E-state index in [0.717, 1.165) is 34.4 Å². The van der Waals surface area contributed by atoms with Crippen LogP contribution in [0.15, 0.2) is 70.4 Å². The van der Waals surface area contributed by atoms with Crippen LogP contribution in [0.3, 0.4) is 0 Å². The molecule has 0 fully saturated rings. The Balaban J connectivity index is 1.90. The Bertz CT molecular complexity index is 1470. The van der Waals surface area contributed by atoms with E-state index in [9.17, 15) is 23.4 Å². The summed E-state index contributed by atoms with van der Waals surface area (Å²) in [4.78, 5) is 0. The van der Waals surface area contributed by atoms with Gasteiger partial charge in [-0.3, -0.25) is 4.57 Å². The number of nitrogens with zero attached hydrogens (tertiary/aromatic N) is 3. The predicted molar refractivity (Wildman–Crippen MR) is 131 cm³/mol. The normalized spacial score (nSPS) is 12.0. The van der Waals surface area contributed by atoms with Crippen molar-refractivity contribution in [3.63, 3.8) is 0 Å². The van der Waals surface area contributed by atoms with Crippen molar-refractivity contribution in [3.8, 4) is 17.3 Å². The van der Waals surface area contributed by atoms with Gasteiger partial charge in [0, 0.05) is 11.1 Å². The first-order valence-electron chi connectivity index (χ1n) is 10.9. The van der Waals surface area contributed by atoms with Crippen LogP contribution in [0.5, 0.6) is 11.6 Å². The maximum atomic E-state index is 13.5. The lowest BCUT2D eigenvalue weighted by molar-refractivity contribution is -0.137. The van der Waals surface area contributed by atoms with Crippen LogP contribution >= 0.6 is 0 Å². The van der Waals surface area contributed by atoms with Crippen molar-refractivity contribution in [3.05, 3.63) is 82.4 Å². The number of aryl methyl sites for hydroxylation is 2. The first kappa shape index (κ1) is 24.1. The van der Waals surface area contributed by atoms with E-state index < -0.39 is 11.7 Å². The molecule has 0 aliphatic heterocycles. The largest absolute Gasteiger partial charge is 0.506 e. The standard InChI is InChI=1S/C27H24F3N3O2/c1-15(2)9-18-5-8-22(24(34)13-18)31-32-25-21-7-6-19(27(28,29)30)14-23(21)33(26(25)35)20-11-16(3)10-17(4)12-20/h5-14,34-35H,1-4H3. The van der Waals surface area contributed by atoms with Crippen molar-refractivity contribution in [2.24, 2.45) is 10.2 Å². The molecular formula is C27H24F3N3O2. The van der Waals surface area contributed by atoms with E-state index in [4.69, 9.17) is 0 Å². The molecule has 1 heterocycles. The fraction of sp³-hybridized carbons (Fsp3) is 0.185. The van der Waals surface area contributed by atoms with E-state index in [-0.39, 0.29) is 28.5 Å². The minimum atomic E-state index is -4.55. The maximum Gasteiger partial charge on any atom is 0.416 e. The van der Waals surface area contributed by atoms with Gasteiger partial charge in [0.2, 0.25) is 5.88 Å². The average Bonchev–Trinajstić information content (AvgIpc) is 3.02. The predicted octanol–water partition coefficient (Wildman–Crippen LogP) is 8.52. The number of fused-ring (bicyclic) bond motifs is 1. The Morgan fingerprint density at radius 2 is 1.57 bits per heavy atom. The van der Waals surface area contributed by atoms with E-state index >= 15 is 0 Å². The Hall–Kier alpha value is -4.07. The van der Waals surface area contributed by atoms with Crippen molar-refractivity contribution in [1.82, 2.24) is 4.57 Å². The maximum absolute atomic E-state index is 13.5. The highest BCUT2D eigenvalue weighted by atomic mass is 19.4. The molecule has 0 aliphatic carbocycles. The molecule has 35 heavy (non-hydrogen) atoms. The second kappa shape index (κ2) is 8.94. The molecule has 5 nitrogen and oxygen atoms in total. The number of hydrogen-bond acceptors (Lipinski definition) is 4. The van der Waals surface area contributed by atoms with Gasteiger partial charge in [-0.1, -0.05) is 23.8 Å². The lowest BCUT2D eigenvalue weighted by atomic mass is 10.1. The SMILES string of the molecule is CC(C)=Cc1ccc(N=Nc2c(O)n(-c3cc(C)cc(C)c3)c3cc(C(F)(F)F)ccc23)c(O)c1. The zero-order valence-corrected chi connectivity index (χ0v) is 19.6. The van der Waals surface area contributed by atoms with Crippen LogP contribution in [-0.4, -0.2) is 14.8 Å². The first-order chi connectivity index (χ1) is 16.4. The van der Waals surface area contributed by atoms with Crippen LogP contribution in [0.4, 0.5) is 24.5 Å². The fourth-order valence-electron chi connectivity index (χ4n) is 4.03. The molecule has 0 spiro atoms. The molecule has 0 saturated heterocycles. The summed E-state index contributed by atoms with van der Waals surface area (Å²) >= 11 is 0. The van der Waals surface area contributed by atoms with Crippen LogP contribution in [0.1, 0.15) is 36.1 Å². The van der Waals surface area contributed by atoms with Crippen molar-refractivity contribution < 1.29 is 23.4 Å². The van der Waals surface area contributed by atoms with Crippen molar-refractivity contribution in [1.29, 1.82) is 0 Å². The van der Waals surface area contributed by atoms with E-state index in [1.165, 1.54) is 16.7 Å². The summed E-state index contributed by atoms with van der Waals surface area (Å²) in [5.41, 5.74) is 3.57. The molecule has 1 aromatic heterocycles. The molecule has 180 valence electrons. The van der Waals surface area contributed by atoms with Gasteiger partial charge >= 0.3 is 6.18 Å². The summed E-state index contributed by atoms with van der Waals surface area (Å²) in [6, 6.07) is 13.5. The van der Waals surface area contributed by atoms with Gasteiger partial charge in [0.1, 0.15) is 11.4 Å². The minimum Gasteiger partial charge on any atom is -0.506 e. The molecule has 0 unspecified atom stereocenters. The molecule has 0 saturated carbocycles. The molecule has 3 aromatic carbocycles. The third-order valence-electron chi connectivity index (χ3n) is 5.42. The number of phenols is 1. The molecule has 0 bridgehead atoms. The number of allylic oxidation sites excluding steroid dienone is 1.